The fourth-order valence-corrected chi connectivity index (χ4v) is 0.839. The lowest BCUT2D eigenvalue weighted by Gasteiger charge is -2.11. The summed E-state index contributed by atoms with van der Waals surface area (Å²) in [6.07, 6.45) is -4.50. The summed E-state index contributed by atoms with van der Waals surface area (Å²) in [6.45, 7) is 0.0189. The van der Waals surface area contributed by atoms with Gasteiger partial charge in [0.25, 0.3) is 0 Å². The van der Waals surface area contributed by atoms with Gasteiger partial charge in [-0.3, -0.25) is 0 Å². The van der Waals surface area contributed by atoms with Crippen molar-refractivity contribution >= 4 is 5.88 Å². The molecule has 0 bridgehead atoms. The molecule has 1 N–H and O–H groups in total. The molecule has 0 spiro atoms. The Morgan fingerprint density at radius 2 is 2.21 bits per heavy atom. The van der Waals surface area contributed by atoms with Gasteiger partial charge in [0.05, 0.1) is 6.61 Å². The van der Waals surface area contributed by atoms with Crippen LogP contribution in [-0.2, 0) is 6.18 Å². The van der Waals surface area contributed by atoms with Gasteiger partial charge in [-0.25, -0.2) is 0 Å². The van der Waals surface area contributed by atoms with E-state index in [0.717, 1.165) is 6.07 Å². The molecule has 14 heavy (non-hydrogen) atoms. The molecule has 80 valence electrons. The van der Waals surface area contributed by atoms with Crippen LogP contribution in [0.3, 0.4) is 0 Å². The average molecular weight is 210 g/mol. The second-order valence-electron chi connectivity index (χ2n) is 2.69. The summed E-state index contributed by atoms with van der Waals surface area (Å²) in [5, 5.41) is 11.4. The Labute approximate surface area is 77.9 Å². The lowest BCUT2D eigenvalue weighted by molar-refractivity contribution is -0.142. The molecule has 0 amide bonds. The van der Waals surface area contributed by atoms with Gasteiger partial charge in [0.1, 0.15) is 0 Å². The molecule has 0 saturated carbocycles. The van der Waals surface area contributed by atoms with Crippen molar-refractivity contribution in [3.8, 4) is 0 Å². The van der Waals surface area contributed by atoms with E-state index in [2.05, 4.69) is 9.68 Å². The fourth-order valence-electron chi connectivity index (χ4n) is 0.839. The molecule has 0 fully saturated rings. The number of hydrogen-bond acceptors (Lipinski definition) is 4. The number of halogens is 3. The summed E-state index contributed by atoms with van der Waals surface area (Å²) in [5.74, 6) is -0.0219. The number of likely N-dealkylation sites (N-methyl/N-ethyl adjacent to an activating group) is 1. The summed E-state index contributed by atoms with van der Waals surface area (Å²) < 4.78 is 40.6. The third kappa shape index (κ3) is 2.38. The Morgan fingerprint density at radius 3 is 2.64 bits per heavy atom. The lowest BCUT2D eigenvalue weighted by Crippen LogP contribution is -2.20. The largest absolute Gasteiger partial charge is 0.436 e. The number of nitrogens with zero attached hydrogens (tertiary/aromatic N) is 2. The van der Waals surface area contributed by atoms with Crippen LogP contribution in [0.1, 0.15) is 5.69 Å². The van der Waals surface area contributed by atoms with Gasteiger partial charge in [-0.05, 0) is 0 Å². The first-order valence-electron chi connectivity index (χ1n) is 3.81. The van der Waals surface area contributed by atoms with Gasteiger partial charge in [0, 0.05) is 19.7 Å². The highest BCUT2D eigenvalue weighted by atomic mass is 19.4. The molecular formula is C7H9F3N2O2. The Bertz CT molecular complexity index is 297. The number of rotatable bonds is 3. The molecule has 0 aromatic carbocycles. The second-order valence-corrected chi connectivity index (χ2v) is 2.69. The van der Waals surface area contributed by atoms with Crippen molar-refractivity contribution in [3.05, 3.63) is 11.8 Å². The molecule has 0 aliphatic rings. The number of aliphatic hydroxyl groups is 1. The number of hydrogen-bond donors (Lipinski definition) is 1. The molecule has 0 unspecified atom stereocenters. The summed E-state index contributed by atoms with van der Waals surface area (Å²) in [4.78, 5) is 1.34. The van der Waals surface area contributed by atoms with Gasteiger partial charge >= 0.3 is 6.18 Å². The van der Waals surface area contributed by atoms with Crippen molar-refractivity contribution in [2.24, 2.45) is 0 Å². The van der Waals surface area contributed by atoms with E-state index < -0.39 is 11.9 Å². The van der Waals surface area contributed by atoms with E-state index in [1.165, 1.54) is 11.9 Å². The first-order valence-corrected chi connectivity index (χ1v) is 3.81. The zero-order valence-corrected chi connectivity index (χ0v) is 7.38. The maximum absolute atomic E-state index is 12.1. The molecule has 0 saturated heterocycles. The van der Waals surface area contributed by atoms with Crippen LogP contribution in [0.2, 0.25) is 0 Å². The number of aromatic nitrogens is 1. The average Bonchev–Trinajstić information content (AvgIpc) is 2.51. The van der Waals surface area contributed by atoms with Crippen LogP contribution < -0.4 is 4.90 Å². The zero-order chi connectivity index (χ0) is 10.8. The van der Waals surface area contributed by atoms with E-state index in [0.29, 0.717) is 0 Å². The van der Waals surface area contributed by atoms with E-state index in [1.807, 2.05) is 0 Å². The van der Waals surface area contributed by atoms with Crippen molar-refractivity contribution in [1.82, 2.24) is 5.16 Å². The van der Waals surface area contributed by atoms with Crippen molar-refractivity contribution in [3.63, 3.8) is 0 Å². The highest BCUT2D eigenvalue weighted by Gasteiger charge is 2.35. The second kappa shape index (κ2) is 3.87. The predicted molar refractivity (Wildman–Crippen MR) is 41.9 cm³/mol. The van der Waals surface area contributed by atoms with Crippen LogP contribution in [0.5, 0.6) is 0 Å². The fraction of sp³-hybridized carbons (Fsp3) is 0.571. The summed E-state index contributed by atoms with van der Waals surface area (Å²) in [5.41, 5.74) is -1.07. The van der Waals surface area contributed by atoms with Crippen LogP contribution in [-0.4, -0.2) is 30.5 Å². The van der Waals surface area contributed by atoms with Crippen LogP contribution in [0.25, 0.3) is 0 Å². The summed E-state index contributed by atoms with van der Waals surface area (Å²) in [7, 11) is 1.50. The summed E-state index contributed by atoms with van der Waals surface area (Å²) >= 11 is 0. The Balaban J connectivity index is 2.78. The molecule has 1 aromatic heterocycles. The molecule has 0 radical (unpaired) electrons. The highest BCUT2D eigenvalue weighted by molar-refractivity contribution is 5.35. The Kier molecular flexibility index (Phi) is 3.00. The third-order valence-electron chi connectivity index (χ3n) is 1.60. The maximum atomic E-state index is 12.1. The van der Waals surface area contributed by atoms with Gasteiger partial charge in [-0.1, -0.05) is 5.16 Å². The van der Waals surface area contributed by atoms with Gasteiger partial charge in [0.2, 0.25) is 5.88 Å². The molecule has 7 heteroatoms. The minimum absolute atomic E-state index is 0.0219. The van der Waals surface area contributed by atoms with E-state index in [-0.39, 0.29) is 19.0 Å². The number of anilines is 1. The Hall–Kier alpha value is -1.24. The summed E-state index contributed by atoms with van der Waals surface area (Å²) in [6, 6.07) is 0.787. The van der Waals surface area contributed by atoms with Gasteiger partial charge in [0.15, 0.2) is 5.69 Å². The van der Waals surface area contributed by atoms with E-state index in [1.54, 1.807) is 0 Å². The zero-order valence-electron chi connectivity index (χ0n) is 7.38. The lowest BCUT2D eigenvalue weighted by atomic mass is 10.4. The number of aliphatic hydroxyl groups excluding tert-OH is 1. The van der Waals surface area contributed by atoms with Gasteiger partial charge in [-0.15, -0.1) is 0 Å². The quantitative estimate of drug-likeness (QED) is 0.812. The highest BCUT2D eigenvalue weighted by Crippen LogP contribution is 2.30. The first-order chi connectivity index (χ1) is 6.45. The van der Waals surface area contributed by atoms with Gasteiger partial charge in [-0.2, -0.15) is 13.2 Å². The SMILES string of the molecule is CN(CCO)c1cc(C(F)(F)F)no1. The Morgan fingerprint density at radius 1 is 1.57 bits per heavy atom. The van der Waals surface area contributed by atoms with E-state index in [4.69, 9.17) is 5.11 Å². The van der Waals surface area contributed by atoms with E-state index >= 15 is 0 Å². The topological polar surface area (TPSA) is 49.5 Å². The molecule has 0 aliphatic carbocycles. The molecule has 1 heterocycles. The van der Waals surface area contributed by atoms with Crippen LogP contribution >= 0.6 is 0 Å². The number of alkyl halides is 3. The van der Waals surface area contributed by atoms with Crippen LogP contribution in [0.4, 0.5) is 19.1 Å². The van der Waals surface area contributed by atoms with E-state index in [9.17, 15) is 13.2 Å². The smallest absolute Gasteiger partial charge is 0.395 e. The molecular weight excluding hydrogens is 201 g/mol. The molecule has 0 aliphatic heterocycles. The third-order valence-corrected chi connectivity index (χ3v) is 1.60. The standard InChI is InChI=1S/C7H9F3N2O2/c1-12(2-3-13)6-4-5(11-14-6)7(8,9)10/h4,13H,2-3H2,1H3. The minimum atomic E-state index is -4.50. The molecule has 1 aromatic rings. The molecule has 4 nitrogen and oxygen atoms in total. The maximum Gasteiger partial charge on any atom is 0.436 e. The minimum Gasteiger partial charge on any atom is -0.395 e. The van der Waals surface area contributed by atoms with Crippen molar-refractivity contribution in [1.29, 1.82) is 0 Å². The monoisotopic (exact) mass is 210 g/mol. The van der Waals surface area contributed by atoms with Crippen molar-refractivity contribution in [2.75, 3.05) is 25.1 Å². The normalized spacial score (nSPS) is 11.8. The van der Waals surface area contributed by atoms with Crippen molar-refractivity contribution in [2.45, 2.75) is 6.18 Å². The van der Waals surface area contributed by atoms with Crippen LogP contribution in [0.15, 0.2) is 10.6 Å². The van der Waals surface area contributed by atoms with Crippen LogP contribution in [0, 0.1) is 0 Å². The van der Waals surface area contributed by atoms with Gasteiger partial charge < -0.3 is 14.5 Å². The molecule has 1 rings (SSSR count). The predicted octanol–water partition coefficient (Wildman–Crippen LogP) is 1.12. The van der Waals surface area contributed by atoms with Crippen molar-refractivity contribution < 1.29 is 22.8 Å². The first kappa shape index (κ1) is 10.8. The molecule has 0 atom stereocenters.